The fraction of sp³-hybridized carbons (Fsp3) is 0.263. The molecule has 3 rings (SSSR count). The maximum atomic E-state index is 12.2. The number of ether oxygens (including phenoxy) is 3. The Hall–Kier alpha value is -3.09. The quantitative estimate of drug-likeness (QED) is 0.555. The number of rotatable bonds is 7. The van der Waals surface area contributed by atoms with Crippen LogP contribution in [0.2, 0.25) is 0 Å². The van der Waals surface area contributed by atoms with Crippen molar-refractivity contribution in [2.24, 2.45) is 0 Å². The molecule has 9 heteroatoms. The Kier molecular flexibility index (Phi) is 6.13. The van der Waals surface area contributed by atoms with Crippen LogP contribution in [0.1, 0.15) is 16.8 Å². The van der Waals surface area contributed by atoms with Gasteiger partial charge in [0.1, 0.15) is 13.2 Å². The molecular weight excluding hydrogens is 384 g/mol. The normalized spacial score (nSPS) is 15.5. The lowest BCUT2D eigenvalue weighted by Crippen LogP contribution is -2.34. The van der Waals surface area contributed by atoms with Gasteiger partial charge >= 0.3 is 5.97 Å². The molecule has 0 saturated carbocycles. The summed E-state index contributed by atoms with van der Waals surface area (Å²) in [6.45, 7) is 0.286. The van der Waals surface area contributed by atoms with Crippen molar-refractivity contribution in [3.8, 4) is 17.6 Å². The van der Waals surface area contributed by atoms with Crippen molar-refractivity contribution >= 4 is 16.0 Å². The van der Waals surface area contributed by atoms with Crippen LogP contribution in [0.15, 0.2) is 53.4 Å². The van der Waals surface area contributed by atoms with E-state index in [0.717, 1.165) is 0 Å². The number of para-hydroxylation sites is 2. The third kappa shape index (κ3) is 4.79. The average molecular weight is 402 g/mol. The van der Waals surface area contributed by atoms with Crippen molar-refractivity contribution in [1.82, 2.24) is 4.72 Å². The molecule has 0 spiro atoms. The van der Waals surface area contributed by atoms with Crippen LogP contribution in [0, 0.1) is 11.3 Å². The number of sulfonamides is 1. The number of hydrogen-bond acceptors (Lipinski definition) is 7. The van der Waals surface area contributed by atoms with E-state index in [-0.39, 0.29) is 36.6 Å². The Bertz CT molecular complexity index is 982. The predicted molar refractivity (Wildman–Crippen MR) is 98.5 cm³/mol. The summed E-state index contributed by atoms with van der Waals surface area (Å²) in [4.78, 5) is 12.2. The van der Waals surface area contributed by atoms with Crippen LogP contribution in [-0.4, -0.2) is 40.2 Å². The van der Waals surface area contributed by atoms with Crippen molar-refractivity contribution in [2.45, 2.75) is 17.4 Å². The van der Waals surface area contributed by atoms with Crippen molar-refractivity contribution in [1.29, 1.82) is 5.26 Å². The van der Waals surface area contributed by atoms with E-state index in [9.17, 15) is 13.2 Å². The molecule has 2 aromatic carbocycles. The summed E-state index contributed by atoms with van der Waals surface area (Å²) in [7, 11) is -3.72. The number of carbonyl (C=O) groups is 1. The molecule has 0 fully saturated rings. The molecule has 8 nitrogen and oxygen atoms in total. The first-order valence-corrected chi connectivity index (χ1v) is 10.0. The lowest BCUT2D eigenvalue weighted by atomic mass is 10.2. The Morgan fingerprint density at radius 3 is 2.61 bits per heavy atom. The summed E-state index contributed by atoms with van der Waals surface area (Å²) in [6.07, 6.45) is -0.357. The van der Waals surface area contributed by atoms with Gasteiger partial charge in [0.2, 0.25) is 10.0 Å². The van der Waals surface area contributed by atoms with Gasteiger partial charge in [0.25, 0.3) is 0 Å². The minimum absolute atomic E-state index is 0.00242. The second-order valence-corrected chi connectivity index (χ2v) is 7.69. The van der Waals surface area contributed by atoms with E-state index in [1.807, 2.05) is 18.2 Å². The highest BCUT2D eigenvalue weighted by molar-refractivity contribution is 7.89. The lowest BCUT2D eigenvalue weighted by molar-refractivity contribution is 0.0109. The monoisotopic (exact) mass is 402 g/mol. The van der Waals surface area contributed by atoms with Crippen LogP contribution in [0.25, 0.3) is 0 Å². The first-order valence-electron chi connectivity index (χ1n) is 8.52. The van der Waals surface area contributed by atoms with E-state index in [1.165, 1.54) is 24.3 Å². The number of benzene rings is 2. The molecule has 0 saturated heterocycles. The fourth-order valence-corrected chi connectivity index (χ4v) is 3.52. The fourth-order valence-electron chi connectivity index (χ4n) is 2.49. The molecule has 1 N–H and O–H groups in total. The van der Waals surface area contributed by atoms with Crippen LogP contribution < -0.4 is 14.2 Å². The largest absolute Gasteiger partial charge is 0.486 e. The van der Waals surface area contributed by atoms with Crippen LogP contribution >= 0.6 is 0 Å². The molecule has 1 heterocycles. The molecule has 146 valence electrons. The Morgan fingerprint density at radius 1 is 1.18 bits per heavy atom. The Morgan fingerprint density at radius 2 is 1.89 bits per heavy atom. The summed E-state index contributed by atoms with van der Waals surface area (Å²) in [5, 5.41) is 8.47. The van der Waals surface area contributed by atoms with Gasteiger partial charge in [0.15, 0.2) is 17.6 Å². The number of hydrogen-bond donors (Lipinski definition) is 1. The van der Waals surface area contributed by atoms with E-state index in [1.54, 1.807) is 12.1 Å². The van der Waals surface area contributed by atoms with Gasteiger partial charge in [0, 0.05) is 13.0 Å². The molecule has 0 radical (unpaired) electrons. The first kappa shape index (κ1) is 19.7. The van der Waals surface area contributed by atoms with E-state index in [4.69, 9.17) is 19.5 Å². The highest BCUT2D eigenvalue weighted by atomic mass is 32.2. The predicted octanol–water partition coefficient (Wildman–Crippen LogP) is 1.88. The maximum absolute atomic E-state index is 12.2. The summed E-state index contributed by atoms with van der Waals surface area (Å²) >= 11 is 0. The second-order valence-electron chi connectivity index (χ2n) is 5.93. The standard InChI is InChI=1S/C19H18N2O6S/c20-10-3-11-21-28(23,24)16-8-6-14(7-9-16)19(22)26-13-15-12-25-17-4-1-2-5-18(17)27-15/h1-2,4-9,15,21H,3,11-13H2/t15-/m1/s1. The number of nitrogens with one attached hydrogen (secondary N) is 1. The first-order chi connectivity index (χ1) is 13.5. The zero-order valence-electron chi connectivity index (χ0n) is 14.8. The molecule has 1 aliphatic heterocycles. The minimum Gasteiger partial charge on any atom is -0.486 e. The highest BCUT2D eigenvalue weighted by Crippen LogP contribution is 2.30. The molecule has 28 heavy (non-hydrogen) atoms. The molecule has 1 atom stereocenters. The number of esters is 1. The number of nitrogens with zero attached hydrogens (tertiary/aromatic N) is 1. The van der Waals surface area contributed by atoms with Gasteiger partial charge in [-0.1, -0.05) is 12.1 Å². The molecule has 1 aliphatic rings. The van der Waals surface area contributed by atoms with Crippen LogP contribution in [0.3, 0.4) is 0 Å². The van der Waals surface area contributed by atoms with Crippen molar-refractivity contribution in [3.63, 3.8) is 0 Å². The topological polar surface area (TPSA) is 115 Å². The molecule has 0 unspecified atom stereocenters. The Labute approximate surface area is 162 Å². The smallest absolute Gasteiger partial charge is 0.338 e. The van der Waals surface area contributed by atoms with E-state index < -0.39 is 22.1 Å². The molecule has 0 aliphatic carbocycles. The molecular formula is C19H18N2O6S. The van der Waals surface area contributed by atoms with Crippen molar-refractivity contribution in [2.75, 3.05) is 19.8 Å². The van der Waals surface area contributed by atoms with E-state index in [2.05, 4.69) is 4.72 Å². The van der Waals surface area contributed by atoms with E-state index >= 15 is 0 Å². The summed E-state index contributed by atoms with van der Waals surface area (Å²) in [5.74, 6) is 0.641. The van der Waals surface area contributed by atoms with Gasteiger partial charge in [-0.2, -0.15) is 5.26 Å². The summed E-state index contributed by atoms with van der Waals surface area (Å²) < 4.78 is 42.9. The zero-order chi connectivity index (χ0) is 20.0. The van der Waals surface area contributed by atoms with Gasteiger partial charge in [-0.25, -0.2) is 17.9 Å². The highest BCUT2D eigenvalue weighted by Gasteiger charge is 2.22. The summed E-state index contributed by atoms with van der Waals surface area (Å²) in [5.41, 5.74) is 0.216. The van der Waals surface area contributed by atoms with Crippen LogP contribution in [-0.2, 0) is 14.8 Å². The lowest BCUT2D eigenvalue weighted by Gasteiger charge is -2.26. The molecule has 2 aromatic rings. The SMILES string of the molecule is N#CCCNS(=O)(=O)c1ccc(C(=O)OC[C@H]2COc3ccccc3O2)cc1. The van der Waals surface area contributed by atoms with Gasteiger partial charge in [-0.05, 0) is 36.4 Å². The van der Waals surface area contributed by atoms with Crippen LogP contribution in [0.5, 0.6) is 11.5 Å². The van der Waals surface area contributed by atoms with E-state index in [0.29, 0.717) is 11.5 Å². The number of fused-ring (bicyclic) bond motifs is 1. The molecule has 0 aromatic heterocycles. The summed E-state index contributed by atoms with van der Waals surface area (Å²) in [6, 6.07) is 14.4. The Balaban J connectivity index is 1.55. The molecule has 0 bridgehead atoms. The van der Waals surface area contributed by atoms with Gasteiger partial charge < -0.3 is 14.2 Å². The third-order valence-electron chi connectivity index (χ3n) is 3.90. The number of carbonyl (C=O) groups excluding carboxylic acids is 1. The van der Waals surface area contributed by atoms with Gasteiger partial charge in [-0.3, -0.25) is 0 Å². The second kappa shape index (κ2) is 8.73. The van der Waals surface area contributed by atoms with Crippen LogP contribution in [0.4, 0.5) is 0 Å². The average Bonchev–Trinajstić information content (AvgIpc) is 2.72. The molecule has 0 amide bonds. The van der Waals surface area contributed by atoms with Crippen molar-refractivity contribution < 1.29 is 27.4 Å². The number of nitriles is 1. The maximum Gasteiger partial charge on any atom is 0.338 e. The third-order valence-corrected chi connectivity index (χ3v) is 5.37. The van der Waals surface area contributed by atoms with Crippen molar-refractivity contribution in [3.05, 3.63) is 54.1 Å². The zero-order valence-corrected chi connectivity index (χ0v) is 15.6. The van der Waals surface area contributed by atoms with Gasteiger partial charge in [0.05, 0.1) is 16.5 Å². The van der Waals surface area contributed by atoms with Gasteiger partial charge in [-0.15, -0.1) is 0 Å². The minimum atomic E-state index is -3.72.